The minimum atomic E-state index is -0.707. The van der Waals surface area contributed by atoms with E-state index in [2.05, 4.69) is 13.8 Å². The molecule has 3 nitrogen and oxygen atoms in total. The maximum absolute atomic E-state index is 10.7. The first-order valence-electron chi connectivity index (χ1n) is 6.46. The fourth-order valence-electron chi connectivity index (χ4n) is 2.95. The minimum absolute atomic E-state index is 0.186. The Balaban J connectivity index is 2.41. The van der Waals surface area contributed by atoms with Crippen LogP contribution in [-0.2, 0) is 4.79 Å². The molecular weight excluding hydrogens is 202 g/mol. The molecule has 1 saturated carbocycles. The molecule has 0 amide bonds. The van der Waals surface area contributed by atoms with E-state index in [1.807, 2.05) is 0 Å². The molecule has 0 heterocycles. The Bertz CT molecular complexity index is 220. The summed E-state index contributed by atoms with van der Waals surface area (Å²) in [5, 5.41) is 8.83. The van der Waals surface area contributed by atoms with Crippen molar-refractivity contribution < 1.29 is 9.90 Å². The zero-order chi connectivity index (χ0) is 12.1. The fourth-order valence-corrected chi connectivity index (χ4v) is 2.95. The quantitative estimate of drug-likeness (QED) is 0.758. The second-order valence-electron chi connectivity index (χ2n) is 5.51. The van der Waals surface area contributed by atoms with E-state index in [0.717, 1.165) is 24.7 Å². The molecule has 1 atom stereocenters. The molecule has 0 radical (unpaired) electrons. The van der Waals surface area contributed by atoms with Gasteiger partial charge in [-0.15, -0.1) is 0 Å². The van der Waals surface area contributed by atoms with Gasteiger partial charge in [-0.25, -0.2) is 0 Å². The molecule has 0 aromatic carbocycles. The lowest BCUT2D eigenvalue weighted by molar-refractivity contribution is -0.138. The number of carboxylic acids is 1. The first-order chi connectivity index (χ1) is 7.54. The van der Waals surface area contributed by atoms with E-state index in [1.165, 1.54) is 12.8 Å². The summed E-state index contributed by atoms with van der Waals surface area (Å²) in [4.78, 5) is 10.7. The first kappa shape index (κ1) is 13.5. The SMILES string of the molecule is CC(C)C1CCC(C(CN)CC(=O)O)CC1. The Kier molecular flexibility index (Phi) is 5.26. The minimum Gasteiger partial charge on any atom is -0.481 e. The predicted octanol–water partition coefficient (Wildman–Crippen LogP) is 2.50. The maximum atomic E-state index is 10.7. The zero-order valence-corrected chi connectivity index (χ0v) is 10.5. The summed E-state index contributed by atoms with van der Waals surface area (Å²) in [7, 11) is 0. The lowest BCUT2D eigenvalue weighted by atomic mass is 9.72. The molecule has 1 aliphatic carbocycles. The number of nitrogens with two attached hydrogens (primary N) is 1. The number of rotatable bonds is 5. The third-order valence-corrected chi connectivity index (χ3v) is 4.17. The number of hydrogen-bond acceptors (Lipinski definition) is 2. The van der Waals surface area contributed by atoms with Gasteiger partial charge in [0.2, 0.25) is 0 Å². The molecule has 16 heavy (non-hydrogen) atoms. The molecule has 0 aliphatic heterocycles. The summed E-state index contributed by atoms with van der Waals surface area (Å²) in [6, 6.07) is 0. The van der Waals surface area contributed by atoms with Gasteiger partial charge in [-0.05, 0) is 55.9 Å². The third kappa shape index (κ3) is 3.78. The number of aliphatic carboxylic acids is 1. The first-order valence-corrected chi connectivity index (χ1v) is 6.46. The van der Waals surface area contributed by atoms with Crippen LogP contribution in [0.3, 0.4) is 0 Å². The Morgan fingerprint density at radius 1 is 1.25 bits per heavy atom. The van der Waals surface area contributed by atoms with Crippen LogP contribution in [0.15, 0.2) is 0 Å². The average Bonchev–Trinajstić information content (AvgIpc) is 2.25. The molecule has 1 rings (SSSR count). The van der Waals surface area contributed by atoms with Crippen LogP contribution >= 0.6 is 0 Å². The van der Waals surface area contributed by atoms with Gasteiger partial charge in [0.1, 0.15) is 0 Å². The van der Waals surface area contributed by atoms with E-state index in [4.69, 9.17) is 10.8 Å². The second kappa shape index (κ2) is 6.24. The van der Waals surface area contributed by atoms with Crippen molar-refractivity contribution in [3.8, 4) is 0 Å². The summed E-state index contributed by atoms with van der Waals surface area (Å²) < 4.78 is 0. The normalized spacial score (nSPS) is 28.0. The molecule has 3 heteroatoms. The Morgan fingerprint density at radius 3 is 2.12 bits per heavy atom. The van der Waals surface area contributed by atoms with Gasteiger partial charge in [0.25, 0.3) is 0 Å². The largest absolute Gasteiger partial charge is 0.481 e. The third-order valence-electron chi connectivity index (χ3n) is 4.17. The summed E-state index contributed by atoms with van der Waals surface area (Å²) in [5.74, 6) is 1.61. The molecule has 94 valence electrons. The van der Waals surface area contributed by atoms with Crippen molar-refractivity contribution in [1.29, 1.82) is 0 Å². The van der Waals surface area contributed by atoms with E-state index < -0.39 is 5.97 Å². The molecule has 0 bridgehead atoms. The van der Waals surface area contributed by atoms with Crippen molar-refractivity contribution in [2.45, 2.75) is 46.0 Å². The zero-order valence-electron chi connectivity index (χ0n) is 10.5. The van der Waals surface area contributed by atoms with Gasteiger partial charge in [-0.1, -0.05) is 13.8 Å². The lowest BCUT2D eigenvalue weighted by Gasteiger charge is -2.34. The summed E-state index contributed by atoms with van der Waals surface area (Å²) in [5.41, 5.74) is 5.68. The number of hydrogen-bond donors (Lipinski definition) is 2. The average molecular weight is 227 g/mol. The van der Waals surface area contributed by atoms with Crippen LogP contribution in [0.1, 0.15) is 46.0 Å². The molecule has 0 aromatic rings. The van der Waals surface area contributed by atoms with Gasteiger partial charge in [0.15, 0.2) is 0 Å². The van der Waals surface area contributed by atoms with Crippen LogP contribution in [0, 0.1) is 23.7 Å². The highest BCUT2D eigenvalue weighted by Gasteiger charge is 2.29. The molecule has 0 saturated heterocycles. The van der Waals surface area contributed by atoms with Crippen molar-refractivity contribution in [1.82, 2.24) is 0 Å². The van der Waals surface area contributed by atoms with Crippen molar-refractivity contribution in [2.24, 2.45) is 29.4 Å². The predicted molar refractivity (Wildman–Crippen MR) is 65.1 cm³/mol. The van der Waals surface area contributed by atoms with Gasteiger partial charge in [-0.2, -0.15) is 0 Å². The molecule has 0 aromatic heterocycles. The van der Waals surface area contributed by atoms with Crippen LogP contribution in [0.2, 0.25) is 0 Å². The van der Waals surface area contributed by atoms with Gasteiger partial charge in [0.05, 0.1) is 0 Å². The second-order valence-corrected chi connectivity index (χ2v) is 5.51. The molecule has 1 fully saturated rings. The van der Waals surface area contributed by atoms with E-state index in [-0.39, 0.29) is 12.3 Å². The van der Waals surface area contributed by atoms with Crippen LogP contribution in [0.5, 0.6) is 0 Å². The molecular formula is C13H25NO2. The lowest BCUT2D eigenvalue weighted by Crippen LogP contribution is -2.30. The van der Waals surface area contributed by atoms with Crippen molar-refractivity contribution in [2.75, 3.05) is 6.54 Å². The highest BCUT2D eigenvalue weighted by Crippen LogP contribution is 2.37. The van der Waals surface area contributed by atoms with Gasteiger partial charge < -0.3 is 10.8 Å². The van der Waals surface area contributed by atoms with Gasteiger partial charge >= 0.3 is 5.97 Å². The van der Waals surface area contributed by atoms with Crippen LogP contribution in [0.25, 0.3) is 0 Å². The van der Waals surface area contributed by atoms with E-state index in [1.54, 1.807) is 0 Å². The monoisotopic (exact) mass is 227 g/mol. The van der Waals surface area contributed by atoms with Crippen molar-refractivity contribution in [3.63, 3.8) is 0 Å². The highest BCUT2D eigenvalue weighted by molar-refractivity contribution is 5.67. The number of carbonyl (C=O) groups is 1. The van der Waals surface area contributed by atoms with Crippen LogP contribution in [0.4, 0.5) is 0 Å². The Morgan fingerprint density at radius 2 is 1.75 bits per heavy atom. The van der Waals surface area contributed by atoms with E-state index in [0.29, 0.717) is 12.5 Å². The summed E-state index contributed by atoms with van der Waals surface area (Å²) in [6.45, 7) is 5.08. The van der Waals surface area contributed by atoms with Gasteiger partial charge in [0, 0.05) is 6.42 Å². The maximum Gasteiger partial charge on any atom is 0.303 e. The van der Waals surface area contributed by atoms with E-state index >= 15 is 0 Å². The summed E-state index contributed by atoms with van der Waals surface area (Å²) in [6.07, 6.45) is 5.07. The summed E-state index contributed by atoms with van der Waals surface area (Å²) >= 11 is 0. The highest BCUT2D eigenvalue weighted by atomic mass is 16.4. The molecule has 3 N–H and O–H groups in total. The smallest absolute Gasteiger partial charge is 0.303 e. The standard InChI is InChI=1S/C13H25NO2/c1-9(2)10-3-5-11(6-4-10)12(8-14)7-13(15)16/h9-12H,3-8,14H2,1-2H3,(H,15,16). The molecule has 1 unspecified atom stereocenters. The van der Waals surface area contributed by atoms with E-state index in [9.17, 15) is 4.79 Å². The van der Waals surface area contributed by atoms with Crippen molar-refractivity contribution >= 4 is 5.97 Å². The van der Waals surface area contributed by atoms with Gasteiger partial charge in [-0.3, -0.25) is 4.79 Å². The molecule has 1 aliphatic rings. The van der Waals surface area contributed by atoms with Crippen LogP contribution in [-0.4, -0.2) is 17.6 Å². The topological polar surface area (TPSA) is 63.3 Å². The van der Waals surface area contributed by atoms with Crippen molar-refractivity contribution in [3.05, 3.63) is 0 Å². The van der Waals surface area contributed by atoms with Crippen LogP contribution < -0.4 is 5.73 Å². The molecule has 0 spiro atoms. The Labute approximate surface area is 98.4 Å². The number of carboxylic acid groups (broad SMARTS) is 1. The Hall–Kier alpha value is -0.570. The fraction of sp³-hybridized carbons (Fsp3) is 0.923.